The molecule has 0 radical (unpaired) electrons. The first-order chi connectivity index (χ1) is 15.2. The topological polar surface area (TPSA) is 8.29 Å². The van der Waals surface area contributed by atoms with Gasteiger partial charge in [-0.3, -0.25) is 0 Å². The van der Waals surface area contributed by atoms with Crippen molar-refractivity contribution in [3.05, 3.63) is 96.7 Å². The van der Waals surface area contributed by atoms with Gasteiger partial charge in [0.05, 0.1) is 27.3 Å². The zero-order chi connectivity index (χ0) is 20.7. The first-order valence-corrected chi connectivity index (χ1v) is 10.8. The first kappa shape index (κ1) is 16.8. The maximum atomic E-state index is 2.49. The van der Waals surface area contributed by atoms with Crippen LogP contribution >= 0.6 is 0 Å². The summed E-state index contributed by atoms with van der Waals surface area (Å²) in [4.78, 5) is 0. The summed E-state index contributed by atoms with van der Waals surface area (Å²) in [6.45, 7) is 2.23. The third kappa shape index (κ3) is 2.04. The molecule has 0 saturated carbocycles. The number of pyridine rings is 2. The highest BCUT2D eigenvalue weighted by molar-refractivity contribution is 6.30. The van der Waals surface area contributed by atoms with Gasteiger partial charge in [-0.1, -0.05) is 60.7 Å². The van der Waals surface area contributed by atoms with Crippen LogP contribution in [0.15, 0.2) is 91.1 Å². The van der Waals surface area contributed by atoms with E-state index in [1.165, 1.54) is 65.7 Å². The summed E-state index contributed by atoms with van der Waals surface area (Å²) in [5.74, 6) is 0. The van der Waals surface area contributed by atoms with Crippen LogP contribution in [0.25, 0.3) is 60.1 Å². The molecule has 2 heteroatoms. The van der Waals surface area contributed by atoms with Crippen molar-refractivity contribution in [1.29, 1.82) is 0 Å². The van der Waals surface area contributed by atoms with E-state index in [0.717, 1.165) is 0 Å². The molecule has 0 aliphatic heterocycles. The SMILES string of the molecule is Cc1cccc2c1c1c3c(cc[n+]1C)cc(-c1ccccc1)c1c4ccccc4n2c13. The number of aryl methyl sites for hydroxylation is 2. The zero-order valence-electron chi connectivity index (χ0n) is 17.6. The highest BCUT2D eigenvalue weighted by Gasteiger charge is 2.25. The predicted molar refractivity (Wildman–Crippen MR) is 130 cm³/mol. The molecule has 7 aromatic rings. The van der Waals surface area contributed by atoms with Crippen molar-refractivity contribution in [1.82, 2.24) is 4.40 Å². The molecule has 3 heterocycles. The molecule has 31 heavy (non-hydrogen) atoms. The lowest BCUT2D eigenvalue weighted by molar-refractivity contribution is -0.643. The van der Waals surface area contributed by atoms with Crippen LogP contribution in [0.4, 0.5) is 0 Å². The summed E-state index contributed by atoms with van der Waals surface area (Å²) in [6, 6.07) is 31.0. The van der Waals surface area contributed by atoms with Crippen molar-refractivity contribution in [3.8, 4) is 11.1 Å². The summed E-state index contributed by atoms with van der Waals surface area (Å²) >= 11 is 0. The van der Waals surface area contributed by atoms with Gasteiger partial charge in [0.1, 0.15) is 7.05 Å². The Bertz CT molecular complexity index is 1790. The minimum absolute atomic E-state index is 1.26. The molecular formula is C29H21N2+. The maximum Gasteiger partial charge on any atom is 0.224 e. The smallest absolute Gasteiger partial charge is 0.224 e. The standard InChI is InChI=1S/C29H21N2/c1-18-9-8-14-24-25(18)28-26-20(15-16-30(28)2)17-22(19-10-4-3-5-11-19)27-21-12-6-7-13-23(21)31(24)29(26)27/h3-17H,1-2H3/q+1. The summed E-state index contributed by atoms with van der Waals surface area (Å²) < 4.78 is 4.78. The molecule has 7 rings (SSSR count). The minimum atomic E-state index is 1.26. The van der Waals surface area contributed by atoms with Crippen molar-refractivity contribution >= 4 is 49.0 Å². The van der Waals surface area contributed by atoms with Crippen LogP contribution in [0.1, 0.15) is 5.56 Å². The highest BCUT2D eigenvalue weighted by atomic mass is 15.0. The molecule has 0 aliphatic carbocycles. The van der Waals surface area contributed by atoms with E-state index in [4.69, 9.17) is 0 Å². The zero-order valence-corrected chi connectivity index (χ0v) is 17.6. The Labute approximate surface area is 179 Å². The van der Waals surface area contributed by atoms with Crippen molar-refractivity contribution in [3.63, 3.8) is 0 Å². The minimum Gasteiger partial charge on any atom is -0.307 e. The van der Waals surface area contributed by atoms with E-state index < -0.39 is 0 Å². The summed E-state index contributed by atoms with van der Waals surface area (Å²) in [5, 5.41) is 6.62. The third-order valence-electron chi connectivity index (χ3n) is 6.85. The fraction of sp³-hybridized carbons (Fsp3) is 0.0690. The van der Waals surface area contributed by atoms with Gasteiger partial charge < -0.3 is 4.40 Å². The first-order valence-electron chi connectivity index (χ1n) is 10.8. The molecule has 2 nitrogen and oxygen atoms in total. The molecule has 0 fully saturated rings. The Morgan fingerprint density at radius 2 is 1.48 bits per heavy atom. The molecule has 0 atom stereocenters. The molecule has 0 saturated heterocycles. The van der Waals surface area contributed by atoms with Crippen LogP contribution in [0.2, 0.25) is 0 Å². The number of rotatable bonds is 1. The van der Waals surface area contributed by atoms with Crippen molar-refractivity contribution in [2.24, 2.45) is 7.05 Å². The van der Waals surface area contributed by atoms with E-state index in [2.05, 4.69) is 114 Å². The van der Waals surface area contributed by atoms with Gasteiger partial charge in [0, 0.05) is 16.8 Å². The van der Waals surface area contributed by atoms with Gasteiger partial charge in [0.15, 0.2) is 6.20 Å². The molecule has 4 aromatic carbocycles. The van der Waals surface area contributed by atoms with Gasteiger partial charge >= 0.3 is 0 Å². The van der Waals surface area contributed by atoms with E-state index in [-0.39, 0.29) is 0 Å². The number of hydrogen-bond donors (Lipinski definition) is 0. The summed E-state index contributed by atoms with van der Waals surface area (Å²) in [5.41, 5.74) is 9.04. The van der Waals surface area contributed by atoms with Gasteiger partial charge in [0.2, 0.25) is 5.52 Å². The summed E-state index contributed by atoms with van der Waals surface area (Å²) in [6.07, 6.45) is 2.20. The number of para-hydroxylation sites is 1. The Hall–Kier alpha value is -3.91. The molecule has 0 bridgehead atoms. The molecule has 0 spiro atoms. The molecule has 0 N–H and O–H groups in total. The fourth-order valence-electron chi connectivity index (χ4n) is 5.55. The number of aromatic nitrogens is 2. The monoisotopic (exact) mass is 397 g/mol. The molecule has 3 aromatic heterocycles. The molecule has 0 amide bonds. The molecular weight excluding hydrogens is 376 g/mol. The van der Waals surface area contributed by atoms with Gasteiger partial charge in [0.25, 0.3) is 0 Å². The molecule has 146 valence electrons. The summed E-state index contributed by atoms with van der Waals surface area (Å²) in [7, 11) is 2.17. The van der Waals surface area contributed by atoms with Gasteiger partial charge in [-0.25, -0.2) is 4.57 Å². The maximum absolute atomic E-state index is 2.49. The number of fused-ring (bicyclic) bond motifs is 6. The van der Waals surface area contributed by atoms with E-state index >= 15 is 0 Å². The van der Waals surface area contributed by atoms with Crippen LogP contribution in [0, 0.1) is 6.92 Å². The molecule has 0 aliphatic rings. The van der Waals surface area contributed by atoms with Crippen LogP contribution in [-0.2, 0) is 7.05 Å². The molecule has 0 unspecified atom stereocenters. The average Bonchev–Trinajstić information content (AvgIpc) is 3.16. The quantitative estimate of drug-likeness (QED) is 0.164. The van der Waals surface area contributed by atoms with Gasteiger partial charge in [-0.15, -0.1) is 0 Å². The van der Waals surface area contributed by atoms with Crippen LogP contribution in [0.3, 0.4) is 0 Å². The average molecular weight is 398 g/mol. The Balaban J connectivity index is 1.92. The van der Waals surface area contributed by atoms with Crippen molar-refractivity contribution in [2.75, 3.05) is 0 Å². The largest absolute Gasteiger partial charge is 0.307 e. The Morgan fingerprint density at radius 1 is 0.710 bits per heavy atom. The van der Waals surface area contributed by atoms with Crippen molar-refractivity contribution < 1.29 is 4.57 Å². The van der Waals surface area contributed by atoms with E-state index in [1.54, 1.807) is 0 Å². The van der Waals surface area contributed by atoms with Crippen molar-refractivity contribution in [2.45, 2.75) is 6.92 Å². The number of hydrogen-bond acceptors (Lipinski definition) is 0. The predicted octanol–water partition coefficient (Wildman–Crippen LogP) is 6.79. The van der Waals surface area contributed by atoms with E-state index in [9.17, 15) is 0 Å². The van der Waals surface area contributed by atoms with Crippen LogP contribution in [-0.4, -0.2) is 4.40 Å². The van der Waals surface area contributed by atoms with Gasteiger partial charge in [-0.2, -0.15) is 0 Å². The highest BCUT2D eigenvalue weighted by Crippen LogP contribution is 2.44. The van der Waals surface area contributed by atoms with E-state index in [0.29, 0.717) is 0 Å². The lowest BCUT2D eigenvalue weighted by Gasteiger charge is -2.14. The normalized spacial score (nSPS) is 12.2. The Kier molecular flexibility index (Phi) is 3.17. The van der Waals surface area contributed by atoms with Crippen LogP contribution < -0.4 is 4.57 Å². The Morgan fingerprint density at radius 3 is 2.35 bits per heavy atom. The van der Waals surface area contributed by atoms with Gasteiger partial charge in [-0.05, 0) is 47.2 Å². The third-order valence-corrected chi connectivity index (χ3v) is 6.85. The fourth-order valence-corrected chi connectivity index (χ4v) is 5.55. The van der Waals surface area contributed by atoms with Crippen LogP contribution in [0.5, 0.6) is 0 Å². The lowest BCUT2D eigenvalue weighted by atomic mass is 9.93. The number of nitrogens with zero attached hydrogens (tertiary/aromatic N) is 2. The number of benzene rings is 4. The second-order valence-corrected chi connectivity index (χ2v) is 8.57. The lowest BCUT2D eigenvalue weighted by Crippen LogP contribution is -2.28. The van der Waals surface area contributed by atoms with E-state index in [1.807, 2.05) is 0 Å². The second kappa shape index (κ2) is 5.83. The second-order valence-electron chi connectivity index (χ2n) is 8.57.